The molecule has 0 atom stereocenters. The van der Waals surface area contributed by atoms with E-state index in [0.29, 0.717) is 16.6 Å². The SMILES string of the molecule is CCN(Cc1cc(Br)ccc1F)C(=O)c1ccccc1NS(C)(=O)=O. The summed E-state index contributed by atoms with van der Waals surface area (Å²) in [6.45, 7) is 2.20. The van der Waals surface area contributed by atoms with Crippen LogP contribution in [0.2, 0.25) is 0 Å². The summed E-state index contributed by atoms with van der Waals surface area (Å²) in [7, 11) is -3.52. The van der Waals surface area contributed by atoms with Gasteiger partial charge < -0.3 is 4.90 Å². The minimum absolute atomic E-state index is 0.0772. The van der Waals surface area contributed by atoms with Crippen LogP contribution in [0.25, 0.3) is 0 Å². The van der Waals surface area contributed by atoms with Crippen LogP contribution in [0.5, 0.6) is 0 Å². The second-order valence-corrected chi connectivity index (χ2v) is 8.14. The molecule has 0 saturated heterocycles. The van der Waals surface area contributed by atoms with Crippen molar-refractivity contribution in [2.45, 2.75) is 13.5 Å². The fourth-order valence-electron chi connectivity index (χ4n) is 2.33. The normalized spacial score (nSPS) is 11.2. The Labute approximate surface area is 155 Å². The number of anilines is 1. The lowest BCUT2D eigenvalue weighted by Crippen LogP contribution is -2.31. The summed E-state index contributed by atoms with van der Waals surface area (Å²) in [5, 5.41) is 0. The Balaban J connectivity index is 2.33. The molecule has 8 heteroatoms. The number of carbonyl (C=O) groups is 1. The van der Waals surface area contributed by atoms with Gasteiger partial charge in [-0.25, -0.2) is 12.8 Å². The van der Waals surface area contributed by atoms with Crippen LogP contribution >= 0.6 is 15.9 Å². The van der Waals surface area contributed by atoms with Gasteiger partial charge in [0.25, 0.3) is 5.91 Å². The van der Waals surface area contributed by atoms with Crippen molar-refractivity contribution in [3.63, 3.8) is 0 Å². The number of carbonyl (C=O) groups excluding carboxylic acids is 1. The van der Waals surface area contributed by atoms with E-state index in [9.17, 15) is 17.6 Å². The first-order chi connectivity index (χ1) is 11.7. The van der Waals surface area contributed by atoms with Crippen molar-refractivity contribution in [1.29, 1.82) is 0 Å². The second kappa shape index (κ2) is 7.97. The highest BCUT2D eigenvalue weighted by Gasteiger charge is 2.20. The molecular formula is C17H18BrFN2O3S. The van der Waals surface area contributed by atoms with Crippen molar-refractivity contribution in [1.82, 2.24) is 4.90 Å². The number of hydrogen-bond acceptors (Lipinski definition) is 3. The maximum absolute atomic E-state index is 14.0. The van der Waals surface area contributed by atoms with Crippen LogP contribution in [0.3, 0.4) is 0 Å². The van der Waals surface area contributed by atoms with Gasteiger partial charge in [-0.1, -0.05) is 28.1 Å². The molecule has 1 N–H and O–H groups in total. The van der Waals surface area contributed by atoms with Gasteiger partial charge >= 0.3 is 0 Å². The number of halogens is 2. The summed E-state index contributed by atoms with van der Waals surface area (Å²) >= 11 is 3.29. The average Bonchev–Trinajstić information content (AvgIpc) is 2.54. The third-order valence-electron chi connectivity index (χ3n) is 3.49. The molecule has 0 heterocycles. The van der Waals surface area contributed by atoms with Crippen molar-refractivity contribution in [3.8, 4) is 0 Å². The van der Waals surface area contributed by atoms with Gasteiger partial charge in [0, 0.05) is 23.1 Å². The van der Waals surface area contributed by atoms with E-state index in [0.717, 1.165) is 6.26 Å². The zero-order chi connectivity index (χ0) is 18.6. The van der Waals surface area contributed by atoms with Crippen LogP contribution in [0.15, 0.2) is 46.9 Å². The van der Waals surface area contributed by atoms with Gasteiger partial charge in [0.05, 0.1) is 17.5 Å². The van der Waals surface area contributed by atoms with Crippen molar-refractivity contribution in [3.05, 3.63) is 63.9 Å². The molecule has 5 nitrogen and oxygen atoms in total. The van der Waals surface area contributed by atoms with E-state index in [1.807, 2.05) is 0 Å². The summed E-state index contributed by atoms with van der Waals surface area (Å²) in [5.74, 6) is -0.786. The summed E-state index contributed by atoms with van der Waals surface area (Å²) in [4.78, 5) is 14.3. The third kappa shape index (κ3) is 5.27. The van der Waals surface area contributed by atoms with Crippen molar-refractivity contribution >= 4 is 37.5 Å². The maximum Gasteiger partial charge on any atom is 0.256 e. The Kier molecular flexibility index (Phi) is 6.18. The minimum Gasteiger partial charge on any atom is -0.334 e. The van der Waals surface area contributed by atoms with Crippen LogP contribution in [0.1, 0.15) is 22.8 Å². The van der Waals surface area contributed by atoms with Crippen LogP contribution in [-0.2, 0) is 16.6 Å². The molecule has 0 aliphatic heterocycles. The molecule has 0 radical (unpaired) electrons. The van der Waals surface area contributed by atoms with Gasteiger partial charge in [0.15, 0.2) is 0 Å². The number of nitrogens with one attached hydrogen (secondary N) is 1. The quantitative estimate of drug-likeness (QED) is 0.763. The van der Waals surface area contributed by atoms with Crippen LogP contribution in [-0.4, -0.2) is 32.0 Å². The van der Waals surface area contributed by atoms with Crippen molar-refractivity contribution in [2.75, 3.05) is 17.5 Å². The number of nitrogens with zero attached hydrogens (tertiary/aromatic N) is 1. The molecule has 1 amide bonds. The second-order valence-electron chi connectivity index (χ2n) is 5.47. The topological polar surface area (TPSA) is 66.5 Å². The van der Waals surface area contributed by atoms with Gasteiger partial charge in [0.1, 0.15) is 5.82 Å². The molecule has 0 saturated carbocycles. The van der Waals surface area contributed by atoms with Gasteiger partial charge in [0.2, 0.25) is 10.0 Å². The van der Waals surface area contributed by atoms with Crippen LogP contribution in [0, 0.1) is 5.82 Å². The molecule has 2 rings (SSSR count). The van der Waals surface area contributed by atoms with Crippen LogP contribution < -0.4 is 4.72 Å². The number of rotatable bonds is 6. The van der Waals surface area contributed by atoms with E-state index in [1.165, 1.54) is 23.1 Å². The molecule has 134 valence electrons. The Morgan fingerprint density at radius 2 is 1.92 bits per heavy atom. The number of hydrogen-bond donors (Lipinski definition) is 1. The Hall–Kier alpha value is -1.93. The number of sulfonamides is 1. The molecule has 0 spiro atoms. The molecule has 0 bridgehead atoms. The Morgan fingerprint density at radius 1 is 1.24 bits per heavy atom. The first-order valence-corrected chi connectivity index (χ1v) is 10.2. The summed E-state index contributed by atoms with van der Waals surface area (Å²) in [5.41, 5.74) is 0.784. The third-order valence-corrected chi connectivity index (χ3v) is 4.57. The lowest BCUT2D eigenvalue weighted by atomic mass is 10.1. The predicted octanol–water partition coefficient (Wildman–Crippen LogP) is 3.62. The van der Waals surface area contributed by atoms with E-state index in [1.54, 1.807) is 31.2 Å². The molecule has 0 aliphatic rings. The predicted molar refractivity (Wildman–Crippen MR) is 99.4 cm³/mol. The zero-order valence-electron chi connectivity index (χ0n) is 13.8. The van der Waals surface area contributed by atoms with Gasteiger partial charge in [-0.15, -0.1) is 0 Å². The van der Waals surface area contributed by atoms with Gasteiger partial charge in [-0.3, -0.25) is 9.52 Å². The largest absolute Gasteiger partial charge is 0.334 e. The van der Waals surface area contributed by atoms with Crippen molar-refractivity contribution in [2.24, 2.45) is 0 Å². The van der Waals surface area contributed by atoms with Crippen molar-refractivity contribution < 1.29 is 17.6 Å². The number of amides is 1. The summed E-state index contributed by atoms with van der Waals surface area (Å²) in [6.07, 6.45) is 1.02. The fourth-order valence-corrected chi connectivity index (χ4v) is 3.31. The highest BCUT2D eigenvalue weighted by atomic mass is 79.9. The monoisotopic (exact) mass is 428 g/mol. The Morgan fingerprint density at radius 3 is 2.56 bits per heavy atom. The van der Waals surface area contributed by atoms with E-state index in [2.05, 4.69) is 20.7 Å². The zero-order valence-corrected chi connectivity index (χ0v) is 16.2. The molecule has 0 unspecified atom stereocenters. The lowest BCUT2D eigenvalue weighted by molar-refractivity contribution is 0.0752. The number of benzene rings is 2. The first kappa shape index (κ1) is 19.4. The molecule has 2 aromatic carbocycles. The highest BCUT2D eigenvalue weighted by Crippen LogP contribution is 2.21. The fraction of sp³-hybridized carbons (Fsp3) is 0.235. The molecule has 0 fully saturated rings. The van der Waals surface area contributed by atoms with E-state index >= 15 is 0 Å². The standard InChI is InChI=1S/C17H18BrFN2O3S/c1-3-21(11-12-10-13(18)8-9-15(12)19)17(22)14-6-4-5-7-16(14)20-25(2,23)24/h4-10,20H,3,11H2,1-2H3. The molecular weight excluding hydrogens is 411 g/mol. The molecule has 0 aromatic heterocycles. The summed E-state index contributed by atoms with van der Waals surface area (Å²) < 4.78 is 40.0. The van der Waals surface area contributed by atoms with Crippen LogP contribution in [0.4, 0.5) is 10.1 Å². The molecule has 25 heavy (non-hydrogen) atoms. The molecule has 2 aromatic rings. The smallest absolute Gasteiger partial charge is 0.256 e. The highest BCUT2D eigenvalue weighted by molar-refractivity contribution is 9.10. The maximum atomic E-state index is 14.0. The number of para-hydroxylation sites is 1. The average molecular weight is 429 g/mol. The van der Waals surface area contributed by atoms with Gasteiger partial charge in [-0.05, 0) is 37.3 Å². The Bertz CT molecular complexity index is 887. The van der Waals surface area contributed by atoms with E-state index in [-0.39, 0.29) is 23.7 Å². The first-order valence-electron chi connectivity index (χ1n) is 7.51. The van der Waals surface area contributed by atoms with Gasteiger partial charge in [-0.2, -0.15) is 0 Å². The van der Waals surface area contributed by atoms with E-state index < -0.39 is 15.8 Å². The van der Waals surface area contributed by atoms with E-state index in [4.69, 9.17) is 0 Å². The summed E-state index contributed by atoms with van der Waals surface area (Å²) in [6, 6.07) is 10.9. The molecule has 0 aliphatic carbocycles. The minimum atomic E-state index is -3.52. The lowest BCUT2D eigenvalue weighted by Gasteiger charge is -2.23.